The van der Waals surface area contributed by atoms with Crippen LogP contribution in [0.5, 0.6) is 0 Å². The Balaban J connectivity index is 3.99. The first kappa shape index (κ1) is 12.0. The minimum Gasteiger partial charge on any atom is -0.317 e. The first-order valence-corrected chi connectivity index (χ1v) is 5.21. The molecule has 4 atom stereocenters. The fraction of sp³-hybridized carbons (Fsp3) is 1.00. The van der Waals surface area contributed by atoms with Gasteiger partial charge in [-0.25, -0.2) is 0 Å². The molecule has 0 aromatic carbocycles. The van der Waals surface area contributed by atoms with Gasteiger partial charge in [-0.1, -0.05) is 34.1 Å². The van der Waals surface area contributed by atoms with Crippen LogP contribution in [0.25, 0.3) is 0 Å². The maximum atomic E-state index is 3.32. The van der Waals surface area contributed by atoms with E-state index < -0.39 is 0 Å². The van der Waals surface area contributed by atoms with Crippen LogP contribution in [0.3, 0.4) is 0 Å². The molecule has 0 radical (unpaired) electrons. The third kappa shape index (κ3) is 3.14. The second kappa shape index (κ2) is 5.58. The van der Waals surface area contributed by atoms with Gasteiger partial charge in [-0.3, -0.25) is 0 Å². The predicted octanol–water partition coefficient (Wildman–Crippen LogP) is 2.91. The molecule has 0 fully saturated rings. The molecule has 0 aliphatic rings. The zero-order valence-electron chi connectivity index (χ0n) is 9.52. The number of rotatable bonds is 5. The van der Waals surface area contributed by atoms with Crippen molar-refractivity contribution >= 4 is 0 Å². The van der Waals surface area contributed by atoms with Crippen molar-refractivity contribution in [3.8, 4) is 0 Å². The van der Waals surface area contributed by atoms with Crippen LogP contribution < -0.4 is 5.32 Å². The Kier molecular flexibility index (Phi) is 5.56. The molecule has 74 valence electrons. The smallest absolute Gasteiger partial charge is 0.00640 e. The Bertz CT molecular complexity index is 97.6. The van der Waals surface area contributed by atoms with Crippen molar-refractivity contribution in [2.45, 2.75) is 47.1 Å². The van der Waals surface area contributed by atoms with Gasteiger partial charge in [-0.05, 0) is 31.7 Å². The van der Waals surface area contributed by atoms with E-state index in [-0.39, 0.29) is 0 Å². The molecule has 1 heteroatoms. The van der Waals surface area contributed by atoms with E-state index in [1.807, 2.05) is 7.05 Å². The molecule has 1 nitrogen and oxygen atoms in total. The molecule has 0 saturated heterocycles. The molecule has 0 rings (SSSR count). The Morgan fingerprint density at radius 3 is 1.83 bits per heavy atom. The highest BCUT2D eigenvalue weighted by atomic mass is 14.9. The van der Waals surface area contributed by atoms with Crippen LogP contribution in [-0.2, 0) is 0 Å². The van der Waals surface area contributed by atoms with E-state index >= 15 is 0 Å². The van der Waals surface area contributed by atoms with E-state index in [0.717, 1.165) is 17.8 Å². The van der Waals surface area contributed by atoms with Gasteiger partial charge in [0, 0.05) is 6.04 Å². The molecule has 1 N–H and O–H groups in total. The van der Waals surface area contributed by atoms with Gasteiger partial charge >= 0.3 is 0 Å². The molecular weight excluding hydrogens is 146 g/mol. The molecule has 4 unspecified atom stereocenters. The summed E-state index contributed by atoms with van der Waals surface area (Å²) in [6, 6.07) is 0.633. The summed E-state index contributed by atoms with van der Waals surface area (Å²) in [7, 11) is 2.05. The van der Waals surface area contributed by atoms with E-state index in [1.54, 1.807) is 0 Å². The summed E-state index contributed by atoms with van der Waals surface area (Å²) in [5, 5.41) is 3.32. The average Bonchev–Trinajstić information content (AvgIpc) is 2.12. The zero-order chi connectivity index (χ0) is 9.72. The van der Waals surface area contributed by atoms with E-state index in [2.05, 4.69) is 39.9 Å². The van der Waals surface area contributed by atoms with Crippen LogP contribution in [0.15, 0.2) is 0 Å². The molecule has 0 aliphatic carbocycles. The van der Waals surface area contributed by atoms with Crippen molar-refractivity contribution < 1.29 is 0 Å². The lowest BCUT2D eigenvalue weighted by atomic mass is 9.80. The van der Waals surface area contributed by atoms with Crippen LogP contribution in [0.4, 0.5) is 0 Å². The van der Waals surface area contributed by atoms with Crippen LogP contribution >= 0.6 is 0 Å². The minimum absolute atomic E-state index is 0.633. The molecule has 0 aromatic rings. The topological polar surface area (TPSA) is 12.0 Å². The number of hydrogen-bond acceptors (Lipinski definition) is 1. The van der Waals surface area contributed by atoms with Crippen molar-refractivity contribution in [2.75, 3.05) is 7.05 Å². The van der Waals surface area contributed by atoms with Gasteiger partial charge in [0.25, 0.3) is 0 Å². The normalized spacial score (nSPS) is 21.5. The monoisotopic (exact) mass is 171 g/mol. The second-order valence-electron chi connectivity index (χ2n) is 4.18. The lowest BCUT2D eigenvalue weighted by Gasteiger charge is -2.29. The molecule has 0 amide bonds. The van der Waals surface area contributed by atoms with Crippen LogP contribution in [0.2, 0.25) is 0 Å². The molecule has 12 heavy (non-hydrogen) atoms. The summed E-state index contributed by atoms with van der Waals surface area (Å²) in [5.74, 6) is 2.43. The number of hydrogen-bond donors (Lipinski definition) is 1. The lowest BCUT2D eigenvalue weighted by molar-refractivity contribution is 0.230. The molecule has 0 saturated carbocycles. The zero-order valence-corrected chi connectivity index (χ0v) is 9.52. The Hall–Kier alpha value is -0.0400. The Labute approximate surface area is 77.9 Å². The van der Waals surface area contributed by atoms with Crippen LogP contribution in [0.1, 0.15) is 41.0 Å². The largest absolute Gasteiger partial charge is 0.317 e. The van der Waals surface area contributed by atoms with Gasteiger partial charge in [0.05, 0.1) is 0 Å². The summed E-state index contributed by atoms with van der Waals surface area (Å²) >= 11 is 0. The summed E-state index contributed by atoms with van der Waals surface area (Å²) in [6.45, 7) is 11.6. The highest BCUT2D eigenvalue weighted by Gasteiger charge is 2.21. The van der Waals surface area contributed by atoms with E-state index in [9.17, 15) is 0 Å². The third-order valence-corrected chi connectivity index (χ3v) is 3.61. The van der Waals surface area contributed by atoms with Gasteiger partial charge in [-0.2, -0.15) is 0 Å². The van der Waals surface area contributed by atoms with E-state index in [0.29, 0.717) is 6.04 Å². The first-order valence-electron chi connectivity index (χ1n) is 5.21. The highest BCUT2D eigenvalue weighted by molar-refractivity contribution is 4.74. The molecule has 0 bridgehead atoms. The fourth-order valence-corrected chi connectivity index (χ4v) is 1.61. The molecule has 0 aliphatic heterocycles. The molecular formula is C11H25N. The predicted molar refractivity (Wildman–Crippen MR) is 56.3 cm³/mol. The summed E-state index contributed by atoms with van der Waals surface area (Å²) < 4.78 is 0. The quantitative estimate of drug-likeness (QED) is 0.670. The molecule has 0 spiro atoms. The second-order valence-corrected chi connectivity index (χ2v) is 4.18. The van der Waals surface area contributed by atoms with Crippen molar-refractivity contribution in [3.05, 3.63) is 0 Å². The Morgan fingerprint density at radius 2 is 1.50 bits per heavy atom. The first-order chi connectivity index (χ1) is 5.54. The minimum atomic E-state index is 0.633. The van der Waals surface area contributed by atoms with Crippen molar-refractivity contribution in [2.24, 2.45) is 17.8 Å². The number of nitrogens with one attached hydrogen (secondary N) is 1. The molecule has 0 aromatic heterocycles. The van der Waals surface area contributed by atoms with Gasteiger partial charge in [0.2, 0.25) is 0 Å². The third-order valence-electron chi connectivity index (χ3n) is 3.61. The van der Waals surface area contributed by atoms with E-state index in [4.69, 9.17) is 0 Å². The Morgan fingerprint density at radius 1 is 1.00 bits per heavy atom. The fourth-order valence-electron chi connectivity index (χ4n) is 1.61. The highest BCUT2D eigenvalue weighted by Crippen LogP contribution is 2.25. The summed E-state index contributed by atoms with van der Waals surface area (Å²) in [5.41, 5.74) is 0. The van der Waals surface area contributed by atoms with Crippen LogP contribution in [0, 0.1) is 17.8 Å². The van der Waals surface area contributed by atoms with Gasteiger partial charge in [0.15, 0.2) is 0 Å². The van der Waals surface area contributed by atoms with Crippen molar-refractivity contribution in [1.29, 1.82) is 0 Å². The van der Waals surface area contributed by atoms with Crippen LogP contribution in [-0.4, -0.2) is 13.1 Å². The maximum Gasteiger partial charge on any atom is 0.00640 e. The molecule has 0 heterocycles. The van der Waals surface area contributed by atoms with Crippen molar-refractivity contribution in [1.82, 2.24) is 5.32 Å². The van der Waals surface area contributed by atoms with E-state index in [1.165, 1.54) is 6.42 Å². The lowest BCUT2D eigenvalue weighted by Crippen LogP contribution is -2.34. The maximum absolute atomic E-state index is 3.32. The average molecular weight is 171 g/mol. The SMILES string of the molecule is CCC(C)C(C)C(C)C(C)NC. The van der Waals surface area contributed by atoms with Gasteiger partial charge < -0.3 is 5.32 Å². The summed E-state index contributed by atoms with van der Waals surface area (Å²) in [4.78, 5) is 0. The van der Waals surface area contributed by atoms with Gasteiger partial charge in [0.1, 0.15) is 0 Å². The summed E-state index contributed by atoms with van der Waals surface area (Å²) in [6.07, 6.45) is 1.29. The van der Waals surface area contributed by atoms with Gasteiger partial charge in [-0.15, -0.1) is 0 Å². The standard InChI is InChI=1S/C11H25N/c1-7-8(2)9(3)10(4)11(5)12-6/h8-12H,7H2,1-6H3. The van der Waals surface area contributed by atoms with Crippen molar-refractivity contribution in [3.63, 3.8) is 0 Å².